The Labute approximate surface area is 135 Å². The number of ether oxygens (including phenoxy) is 1. The van der Waals surface area contributed by atoms with Gasteiger partial charge in [0, 0.05) is 17.4 Å². The van der Waals surface area contributed by atoms with Crippen LogP contribution in [0.5, 0.6) is 5.75 Å². The highest BCUT2D eigenvalue weighted by atomic mass is 32.1. The van der Waals surface area contributed by atoms with E-state index in [1.807, 2.05) is 12.1 Å². The van der Waals surface area contributed by atoms with Crippen molar-refractivity contribution in [1.29, 1.82) is 0 Å². The van der Waals surface area contributed by atoms with Crippen LogP contribution in [0.15, 0.2) is 42.5 Å². The number of hydrogen-bond acceptors (Lipinski definition) is 2. The third-order valence-electron chi connectivity index (χ3n) is 3.24. The van der Waals surface area contributed by atoms with Crippen molar-refractivity contribution in [3.8, 4) is 5.75 Å². The molecule has 3 nitrogen and oxygen atoms in total. The van der Waals surface area contributed by atoms with E-state index >= 15 is 0 Å². The van der Waals surface area contributed by atoms with E-state index in [0.29, 0.717) is 16.7 Å². The quantitative estimate of drug-likeness (QED) is 0.796. The first-order valence-electron chi connectivity index (χ1n) is 7.01. The molecule has 0 amide bonds. The van der Waals surface area contributed by atoms with Gasteiger partial charge in [-0.15, -0.1) is 0 Å². The highest BCUT2D eigenvalue weighted by Crippen LogP contribution is 2.21. The zero-order valence-corrected chi connectivity index (χ0v) is 13.6. The monoisotopic (exact) mass is 318 g/mol. The van der Waals surface area contributed by atoms with E-state index in [0.717, 1.165) is 5.69 Å². The molecule has 2 aromatic carbocycles. The van der Waals surface area contributed by atoms with Crippen LogP contribution in [0, 0.1) is 5.82 Å². The maximum Gasteiger partial charge on any atom is 0.175 e. The van der Waals surface area contributed by atoms with Gasteiger partial charge in [-0.3, -0.25) is 0 Å². The van der Waals surface area contributed by atoms with Crippen LogP contribution in [0.1, 0.15) is 25.3 Å². The molecule has 0 aromatic heterocycles. The number of anilines is 2. The molecule has 22 heavy (non-hydrogen) atoms. The average Bonchev–Trinajstić information content (AvgIpc) is 2.48. The summed E-state index contributed by atoms with van der Waals surface area (Å²) in [5, 5.41) is 6.42. The summed E-state index contributed by atoms with van der Waals surface area (Å²) in [6.45, 7) is 4.29. The molecular weight excluding hydrogens is 299 g/mol. The van der Waals surface area contributed by atoms with E-state index in [2.05, 4.69) is 36.6 Å². The maximum atomic E-state index is 13.6. The van der Waals surface area contributed by atoms with Gasteiger partial charge in [0.25, 0.3) is 0 Å². The van der Waals surface area contributed by atoms with Crippen LogP contribution in [0.3, 0.4) is 0 Å². The largest absolute Gasteiger partial charge is 0.494 e. The lowest BCUT2D eigenvalue weighted by Crippen LogP contribution is -2.19. The van der Waals surface area contributed by atoms with Gasteiger partial charge in [-0.05, 0) is 48.0 Å². The molecule has 116 valence electrons. The smallest absolute Gasteiger partial charge is 0.175 e. The molecule has 0 unspecified atom stereocenters. The number of methoxy groups -OCH3 is 1. The SMILES string of the molecule is COc1ccc(NC(=S)Nc2ccc(C(C)C)cc2)cc1F. The molecule has 5 heteroatoms. The molecule has 0 aliphatic heterocycles. The molecule has 0 heterocycles. The van der Waals surface area contributed by atoms with Crippen molar-refractivity contribution in [2.75, 3.05) is 17.7 Å². The Balaban J connectivity index is 1.99. The number of halogens is 1. The summed E-state index contributed by atoms with van der Waals surface area (Å²) in [6.07, 6.45) is 0. The molecule has 0 radical (unpaired) electrons. The van der Waals surface area contributed by atoms with E-state index in [9.17, 15) is 4.39 Å². The van der Waals surface area contributed by atoms with Crippen molar-refractivity contribution < 1.29 is 9.13 Å². The second kappa shape index (κ2) is 7.22. The Kier molecular flexibility index (Phi) is 5.33. The van der Waals surface area contributed by atoms with Crippen LogP contribution in [-0.4, -0.2) is 12.2 Å². The zero-order chi connectivity index (χ0) is 16.1. The second-order valence-corrected chi connectivity index (χ2v) is 5.61. The Morgan fingerprint density at radius 1 is 1.05 bits per heavy atom. The molecule has 0 aliphatic carbocycles. The Morgan fingerprint density at radius 2 is 1.64 bits per heavy atom. The minimum atomic E-state index is -0.434. The summed E-state index contributed by atoms with van der Waals surface area (Å²) in [5.41, 5.74) is 2.71. The number of thiocarbonyl (C=S) groups is 1. The molecule has 0 saturated carbocycles. The maximum absolute atomic E-state index is 13.6. The molecule has 0 spiro atoms. The topological polar surface area (TPSA) is 33.3 Å². The van der Waals surface area contributed by atoms with Crippen LogP contribution in [-0.2, 0) is 0 Å². The van der Waals surface area contributed by atoms with Crippen molar-refractivity contribution in [2.45, 2.75) is 19.8 Å². The van der Waals surface area contributed by atoms with E-state index in [4.69, 9.17) is 17.0 Å². The van der Waals surface area contributed by atoms with E-state index < -0.39 is 5.82 Å². The number of rotatable bonds is 4. The van der Waals surface area contributed by atoms with Gasteiger partial charge in [-0.1, -0.05) is 26.0 Å². The van der Waals surface area contributed by atoms with Crippen LogP contribution < -0.4 is 15.4 Å². The van der Waals surface area contributed by atoms with Gasteiger partial charge in [0.05, 0.1) is 7.11 Å². The standard InChI is InChI=1S/C17H19FN2OS/c1-11(2)12-4-6-13(7-5-12)19-17(22)20-14-8-9-16(21-3)15(18)10-14/h4-11H,1-3H3,(H2,19,20,22). The number of nitrogens with one attached hydrogen (secondary N) is 2. The highest BCUT2D eigenvalue weighted by Gasteiger charge is 2.05. The van der Waals surface area contributed by atoms with Crippen LogP contribution in [0.25, 0.3) is 0 Å². The van der Waals surface area contributed by atoms with Crippen LogP contribution >= 0.6 is 12.2 Å². The van der Waals surface area contributed by atoms with Gasteiger partial charge in [0.15, 0.2) is 16.7 Å². The Hall–Kier alpha value is -2.14. The molecular formula is C17H19FN2OS. The summed E-state index contributed by atoms with van der Waals surface area (Å²) in [4.78, 5) is 0. The van der Waals surface area contributed by atoms with Crippen LogP contribution in [0.4, 0.5) is 15.8 Å². The first-order valence-corrected chi connectivity index (χ1v) is 7.42. The van der Waals surface area contributed by atoms with Gasteiger partial charge in [-0.25, -0.2) is 4.39 Å². The highest BCUT2D eigenvalue weighted by molar-refractivity contribution is 7.80. The molecule has 0 atom stereocenters. The second-order valence-electron chi connectivity index (χ2n) is 5.21. The van der Waals surface area contributed by atoms with E-state index in [-0.39, 0.29) is 5.75 Å². The molecule has 2 aromatic rings. The van der Waals surface area contributed by atoms with Gasteiger partial charge < -0.3 is 15.4 Å². The van der Waals surface area contributed by atoms with Crippen molar-refractivity contribution in [3.63, 3.8) is 0 Å². The molecule has 0 bridgehead atoms. The summed E-state index contributed by atoms with van der Waals surface area (Å²) in [7, 11) is 1.43. The van der Waals surface area contributed by atoms with Gasteiger partial charge in [-0.2, -0.15) is 0 Å². The van der Waals surface area contributed by atoms with E-state index in [1.54, 1.807) is 12.1 Å². The minimum Gasteiger partial charge on any atom is -0.494 e. The zero-order valence-electron chi connectivity index (χ0n) is 12.8. The molecule has 0 fully saturated rings. The Morgan fingerprint density at radius 3 is 2.18 bits per heavy atom. The molecule has 0 saturated heterocycles. The first-order chi connectivity index (χ1) is 10.5. The Bertz CT molecular complexity index is 656. The minimum absolute atomic E-state index is 0.203. The predicted molar refractivity (Wildman–Crippen MR) is 93.3 cm³/mol. The molecule has 2 rings (SSSR count). The number of hydrogen-bond donors (Lipinski definition) is 2. The summed E-state index contributed by atoms with van der Waals surface area (Å²) >= 11 is 5.23. The van der Waals surface area contributed by atoms with Crippen molar-refractivity contribution >= 4 is 28.7 Å². The fourth-order valence-corrected chi connectivity index (χ4v) is 2.22. The number of benzene rings is 2. The van der Waals surface area contributed by atoms with Crippen molar-refractivity contribution in [1.82, 2.24) is 0 Å². The van der Waals surface area contributed by atoms with Gasteiger partial charge in [0.2, 0.25) is 0 Å². The predicted octanol–water partition coefficient (Wildman–Crippen LogP) is 4.77. The average molecular weight is 318 g/mol. The summed E-state index contributed by atoms with van der Waals surface area (Å²) in [5.74, 6) is 0.256. The van der Waals surface area contributed by atoms with Crippen LogP contribution in [0.2, 0.25) is 0 Å². The van der Waals surface area contributed by atoms with Crippen molar-refractivity contribution in [2.24, 2.45) is 0 Å². The third-order valence-corrected chi connectivity index (χ3v) is 3.45. The molecule has 0 aliphatic rings. The summed E-state index contributed by atoms with van der Waals surface area (Å²) < 4.78 is 18.5. The normalized spacial score (nSPS) is 10.4. The summed E-state index contributed by atoms with van der Waals surface area (Å²) in [6, 6.07) is 12.7. The lowest BCUT2D eigenvalue weighted by Gasteiger charge is -2.12. The molecule has 2 N–H and O–H groups in total. The van der Waals surface area contributed by atoms with Gasteiger partial charge >= 0.3 is 0 Å². The third kappa shape index (κ3) is 4.18. The fraction of sp³-hybridized carbons (Fsp3) is 0.235. The first kappa shape index (κ1) is 16.2. The van der Waals surface area contributed by atoms with Crippen molar-refractivity contribution in [3.05, 3.63) is 53.8 Å². The van der Waals surface area contributed by atoms with Gasteiger partial charge in [0.1, 0.15) is 0 Å². The lowest BCUT2D eigenvalue weighted by atomic mass is 10.0. The fourth-order valence-electron chi connectivity index (χ4n) is 1.99. The lowest BCUT2D eigenvalue weighted by molar-refractivity contribution is 0.387. The van der Waals surface area contributed by atoms with E-state index in [1.165, 1.54) is 18.7 Å².